The summed E-state index contributed by atoms with van der Waals surface area (Å²) >= 11 is 0. The van der Waals surface area contributed by atoms with E-state index in [4.69, 9.17) is 4.74 Å². The lowest BCUT2D eigenvalue weighted by molar-refractivity contribution is -0.0515. The fourth-order valence-corrected chi connectivity index (χ4v) is 6.21. The zero-order valence-corrected chi connectivity index (χ0v) is 16.1. The van der Waals surface area contributed by atoms with Gasteiger partial charge in [0.1, 0.15) is 0 Å². The number of sulfonamides is 1. The van der Waals surface area contributed by atoms with Crippen molar-refractivity contribution in [1.82, 2.24) is 9.21 Å². The van der Waals surface area contributed by atoms with Gasteiger partial charge in [0.2, 0.25) is 10.0 Å². The fraction of sp³-hybridized carbons (Fsp3) is 0.684. The third kappa shape index (κ3) is 4.61. The number of benzene rings is 1. The molecule has 2 atom stereocenters. The van der Waals surface area contributed by atoms with Crippen LogP contribution in [0.4, 0.5) is 0 Å². The molecule has 0 aromatic heterocycles. The van der Waals surface area contributed by atoms with Gasteiger partial charge < -0.3 is 9.64 Å². The van der Waals surface area contributed by atoms with Crippen molar-refractivity contribution < 1.29 is 13.2 Å². The van der Waals surface area contributed by atoms with Gasteiger partial charge in [-0.25, -0.2) is 8.42 Å². The van der Waals surface area contributed by atoms with Gasteiger partial charge in [0.25, 0.3) is 0 Å². The van der Waals surface area contributed by atoms with Crippen molar-refractivity contribution in [3.8, 4) is 0 Å². The van der Waals surface area contributed by atoms with Gasteiger partial charge in [0, 0.05) is 13.1 Å². The molecule has 6 heteroatoms. The second kappa shape index (κ2) is 8.16. The highest BCUT2D eigenvalue weighted by molar-refractivity contribution is 7.89. The van der Waals surface area contributed by atoms with Crippen LogP contribution >= 0.6 is 0 Å². The zero-order valence-electron chi connectivity index (χ0n) is 15.3. The Hall–Kier alpha value is -0.950. The fourth-order valence-electron chi connectivity index (χ4n) is 4.14. The quantitative estimate of drug-likeness (QED) is 0.776. The molecule has 0 spiro atoms. The lowest BCUT2D eigenvalue weighted by Gasteiger charge is -2.41. The van der Waals surface area contributed by atoms with E-state index in [1.165, 1.54) is 0 Å². The summed E-state index contributed by atoms with van der Waals surface area (Å²) in [5, 5.41) is 0. The Morgan fingerprint density at radius 3 is 2.48 bits per heavy atom. The monoisotopic (exact) mass is 366 g/mol. The highest BCUT2D eigenvalue weighted by atomic mass is 32.2. The smallest absolute Gasteiger partial charge is 0.215 e. The van der Waals surface area contributed by atoms with Crippen LogP contribution in [0.3, 0.4) is 0 Å². The van der Waals surface area contributed by atoms with Crippen LogP contribution in [0.25, 0.3) is 0 Å². The molecule has 5 nitrogen and oxygen atoms in total. The Bertz CT molecular complexity index is 642. The summed E-state index contributed by atoms with van der Waals surface area (Å²) in [7, 11) is 0.697. The number of hydrogen-bond acceptors (Lipinski definition) is 4. The minimum absolute atomic E-state index is 0.149. The second-order valence-electron chi connectivity index (χ2n) is 7.57. The minimum atomic E-state index is -3.30. The van der Waals surface area contributed by atoms with E-state index in [1.54, 1.807) is 4.31 Å². The Balaban J connectivity index is 1.88. The normalized spacial score (nSPS) is 26.4. The van der Waals surface area contributed by atoms with Crippen molar-refractivity contribution >= 4 is 10.0 Å². The molecule has 1 aliphatic carbocycles. The molecule has 0 bridgehead atoms. The number of morpholine rings is 1. The topological polar surface area (TPSA) is 49.9 Å². The van der Waals surface area contributed by atoms with Gasteiger partial charge in [-0.2, -0.15) is 4.31 Å². The molecular formula is C19H30N2O3S. The minimum Gasteiger partial charge on any atom is -0.373 e. The van der Waals surface area contributed by atoms with E-state index in [-0.39, 0.29) is 17.9 Å². The molecule has 25 heavy (non-hydrogen) atoms. The van der Waals surface area contributed by atoms with Crippen molar-refractivity contribution in [2.75, 3.05) is 39.5 Å². The standard InChI is InChI=1S/C19H30N2O3S/c1-20(2)14-18-19(17-10-4-3-5-11-17)21(12-13-24-18)25(22,23)15-16-8-6-7-9-16/h3-5,10-11,16,18-19H,6-9,12-15H2,1-2H3/t18-,19-/m0/s1. The van der Waals surface area contributed by atoms with Crippen molar-refractivity contribution in [1.29, 1.82) is 0 Å². The first kappa shape index (κ1) is 18.8. The van der Waals surface area contributed by atoms with Crippen LogP contribution in [0.2, 0.25) is 0 Å². The number of ether oxygens (including phenoxy) is 1. The zero-order chi connectivity index (χ0) is 17.9. The van der Waals surface area contributed by atoms with E-state index in [0.29, 0.717) is 25.6 Å². The van der Waals surface area contributed by atoms with Gasteiger partial charge in [0.05, 0.1) is 24.5 Å². The van der Waals surface area contributed by atoms with E-state index in [2.05, 4.69) is 4.90 Å². The molecule has 2 fully saturated rings. The maximum absolute atomic E-state index is 13.2. The van der Waals surface area contributed by atoms with Gasteiger partial charge in [0.15, 0.2) is 0 Å². The molecule has 2 aliphatic rings. The Kier molecular flexibility index (Phi) is 6.15. The number of nitrogens with zero attached hydrogens (tertiary/aromatic N) is 2. The summed E-state index contributed by atoms with van der Waals surface area (Å²) in [6, 6.07) is 9.69. The maximum Gasteiger partial charge on any atom is 0.215 e. The third-order valence-corrected chi connectivity index (χ3v) is 7.29. The van der Waals surface area contributed by atoms with Crippen molar-refractivity contribution in [3.63, 3.8) is 0 Å². The molecule has 1 aromatic carbocycles. The van der Waals surface area contributed by atoms with Crippen molar-refractivity contribution in [2.24, 2.45) is 5.92 Å². The third-order valence-electron chi connectivity index (χ3n) is 5.27. The molecule has 0 radical (unpaired) electrons. The lowest BCUT2D eigenvalue weighted by atomic mass is 9.99. The molecule has 0 unspecified atom stereocenters. The van der Waals surface area contributed by atoms with E-state index in [1.807, 2.05) is 44.4 Å². The van der Waals surface area contributed by atoms with Gasteiger partial charge >= 0.3 is 0 Å². The van der Waals surface area contributed by atoms with E-state index < -0.39 is 10.0 Å². The van der Waals surface area contributed by atoms with Crippen LogP contribution in [0.5, 0.6) is 0 Å². The SMILES string of the molecule is CN(C)C[C@@H]1OCCN(S(=O)(=O)CC2CCCC2)[C@H]1c1ccccc1. The number of rotatable bonds is 6. The first-order valence-electron chi connectivity index (χ1n) is 9.28. The van der Waals surface area contributed by atoms with Crippen LogP contribution < -0.4 is 0 Å². The highest BCUT2D eigenvalue weighted by Crippen LogP contribution is 2.34. The first-order chi connectivity index (χ1) is 12.0. The van der Waals surface area contributed by atoms with Gasteiger partial charge in [-0.05, 0) is 38.4 Å². The predicted molar refractivity (Wildman–Crippen MR) is 99.9 cm³/mol. The van der Waals surface area contributed by atoms with Crippen LogP contribution in [-0.4, -0.2) is 63.3 Å². The first-order valence-corrected chi connectivity index (χ1v) is 10.9. The number of likely N-dealkylation sites (N-methyl/N-ethyl adjacent to an activating group) is 1. The molecule has 3 rings (SSSR count). The van der Waals surface area contributed by atoms with Gasteiger partial charge in [-0.3, -0.25) is 0 Å². The molecule has 0 N–H and O–H groups in total. The second-order valence-corrected chi connectivity index (χ2v) is 9.53. The van der Waals surface area contributed by atoms with Crippen LogP contribution in [0.1, 0.15) is 37.3 Å². The maximum atomic E-state index is 13.2. The number of hydrogen-bond donors (Lipinski definition) is 0. The molecule has 1 aliphatic heterocycles. The van der Waals surface area contributed by atoms with E-state index in [0.717, 1.165) is 31.2 Å². The summed E-state index contributed by atoms with van der Waals surface area (Å²) in [5.41, 5.74) is 1.02. The highest BCUT2D eigenvalue weighted by Gasteiger charge is 2.41. The largest absolute Gasteiger partial charge is 0.373 e. The summed E-state index contributed by atoms with van der Waals surface area (Å²) in [4.78, 5) is 2.06. The molecular weight excluding hydrogens is 336 g/mol. The molecule has 0 amide bonds. The van der Waals surface area contributed by atoms with Crippen LogP contribution in [0, 0.1) is 5.92 Å². The summed E-state index contributed by atoms with van der Waals surface area (Å²) < 4.78 is 34.2. The van der Waals surface area contributed by atoms with Gasteiger partial charge in [-0.1, -0.05) is 43.2 Å². The lowest BCUT2D eigenvalue weighted by Crippen LogP contribution is -2.52. The molecule has 1 saturated heterocycles. The van der Waals surface area contributed by atoms with E-state index in [9.17, 15) is 8.42 Å². The molecule has 140 valence electrons. The molecule has 1 heterocycles. The summed E-state index contributed by atoms with van der Waals surface area (Å²) in [6.45, 7) is 1.61. The summed E-state index contributed by atoms with van der Waals surface area (Å²) in [5.74, 6) is 0.599. The van der Waals surface area contributed by atoms with Crippen molar-refractivity contribution in [3.05, 3.63) is 35.9 Å². The Morgan fingerprint density at radius 2 is 1.84 bits per heavy atom. The molecule has 1 aromatic rings. The van der Waals surface area contributed by atoms with Crippen molar-refractivity contribution in [2.45, 2.75) is 37.8 Å². The van der Waals surface area contributed by atoms with Crippen LogP contribution in [0.15, 0.2) is 30.3 Å². The molecule has 1 saturated carbocycles. The van der Waals surface area contributed by atoms with E-state index >= 15 is 0 Å². The Labute approximate surface area is 152 Å². The average molecular weight is 367 g/mol. The summed E-state index contributed by atoms with van der Waals surface area (Å²) in [6.07, 6.45) is 4.26. The predicted octanol–water partition coefficient (Wildman–Crippen LogP) is 2.51. The van der Waals surface area contributed by atoms with Crippen LogP contribution in [-0.2, 0) is 14.8 Å². The van der Waals surface area contributed by atoms with Gasteiger partial charge in [-0.15, -0.1) is 0 Å². The average Bonchev–Trinajstić information content (AvgIpc) is 3.07. The Morgan fingerprint density at radius 1 is 1.16 bits per heavy atom.